The molecular weight excluding hydrogens is 178 g/mol. The van der Waals surface area contributed by atoms with Crippen LogP contribution in [0.5, 0.6) is 0 Å². The fourth-order valence-corrected chi connectivity index (χ4v) is 0.671. The van der Waals surface area contributed by atoms with Crippen molar-refractivity contribution in [1.29, 1.82) is 0 Å². The van der Waals surface area contributed by atoms with Gasteiger partial charge in [-0.1, -0.05) is 12.1 Å². The Hall–Kier alpha value is -0.680. The summed E-state index contributed by atoms with van der Waals surface area (Å²) in [7, 11) is 0. The predicted octanol–water partition coefficient (Wildman–Crippen LogP) is 2.33. The molecule has 6 heteroatoms. The first-order valence-electron chi connectivity index (χ1n) is 3.24. The van der Waals surface area contributed by atoms with E-state index in [1.54, 1.807) is 0 Å². The normalized spacial score (nSPS) is 14.8. The van der Waals surface area contributed by atoms with Crippen LogP contribution in [-0.4, -0.2) is 25.8 Å². The van der Waals surface area contributed by atoms with Crippen molar-refractivity contribution in [2.45, 2.75) is 19.4 Å². The van der Waals surface area contributed by atoms with E-state index in [2.05, 4.69) is 0 Å². The molecule has 1 unspecified atom stereocenters. The minimum Gasteiger partial charge on any atom is -0.250 e. The summed E-state index contributed by atoms with van der Waals surface area (Å²) in [4.78, 5) is 9.85. The average Bonchev–Trinajstić information content (AvgIpc) is 2.04. The minimum absolute atomic E-state index is 0.922. The standard InChI is InChI=1S/C6H9F4NO/c1-6(2-7,3-8)4(11-12)5(9)10/h4-5H,2-3H2,1H3. The zero-order valence-corrected chi connectivity index (χ0v) is 6.44. The highest BCUT2D eigenvalue weighted by Crippen LogP contribution is 2.29. The first kappa shape index (κ1) is 11.3. The molecule has 0 N–H and O–H groups in total. The molecule has 0 rings (SSSR count). The van der Waals surface area contributed by atoms with Crippen LogP contribution in [0, 0.1) is 10.3 Å². The van der Waals surface area contributed by atoms with Crippen LogP contribution in [0.4, 0.5) is 17.6 Å². The van der Waals surface area contributed by atoms with Crippen LogP contribution in [-0.2, 0) is 0 Å². The van der Waals surface area contributed by atoms with Gasteiger partial charge >= 0.3 is 0 Å². The van der Waals surface area contributed by atoms with Crippen molar-refractivity contribution in [1.82, 2.24) is 0 Å². The Balaban J connectivity index is 4.54. The summed E-state index contributed by atoms with van der Waals surface area (Å²) < 4.78 is 48.0. The van der Waals surface area contributed by atoms with Gasteiger partial charge in [-0.25, -0.2) is 8.78 Å². The molecule has 0 radical (unpaired) electrons. The van der Waals surface area contributed by atoms with Gasteiger partial charge in [-0.2, -0.15) is 4.91 Å². The highest BCUT2D eigenvalue weighted by atomic mass is 19.3. The molecule has 0 spiro atoms. The summed E-state index contributed by atoms with van der Waals surface area (Å²) in [5.41, 5.74) is -1.99. The minimum atomic E-state index is -3.13. The van der Waals surface area contributed by atoms with Crippen molar-refractivity contribution in [2.75, 3.05) is 13.3 Å². The van der Waals surface area contributed by atoms with Crippen molar-refractivity contribution in [3.63, 3.8) is 0 Å². The van der Waals surface area contributed by atoms with Gasteiger partial charge in [0.1, 0.15) is 0 Å². The summed E-state index contributed by atoms with van der Waals surface area (Å²) in [5, 5.41) is 2.02. The molecule has 0 amide bonds. The number of nitrogens with zero attached hydrogens (tertiary/aromatic N) is 1. The van der Waals surface area contributed by atoms with Crippen molar-refractivity contribution in [2.24, 2.45) is 10.6 Å². The van der Waals surface area contributed by atoms with Gasteiger partial charge in [0, 0.05) is 0 Å². The highest BCUT2D eigenvalue weighted by Gasteiger charge is 2.42. The van der Waals surface area contributed by atoms with Gasteiger partial charge in [0.2, 0.25) is 0 Å². The lowest BCUT2D eigenvalue weighted by atomic mass is 9.86. The summed E-state index contributed by atoms with van der Waals surface area (Å²) in [6.45, 7) is -1.74. The molecule has 0 aromatic heterocycles. The van der Waals surface area contributed by atoms with Crippen LogP contribution in [0.2, 0.25) is 0 Å². The molecular formula is C6H9F4NO. The maximum atomic E-state index is 12.1. The van der Waals surface area contributed by atoms with Crippen molar-refractivity contribution in [3.05, 3.63) is 4.91 Å². The maximum Gasteiger partial charge on any atom is 0.264 e. The van der Waals surface area contributed by atoms with Gasteiger partial charge in [0.05, 0.1) is 18.8 Å². The molecule has 0 saturated carbocycles. The summed E-state index contributed by atoms with van der Waals surface area (Å²) in [5.74, 6) is 0. The predicted molar refractivity (Wildman–Crippen MR) is 35.6 cm³/mol. The number of hydrogen-bond acceptors (Lipinski definition) is 2. The van der Waals surface area contributed by atoms with Crippen LogP contribution in [0.1, 0.15) is 6.92 Å². The third-order valence-corrected chi connectivity index (χ3v) is 1.68. The number of nitroso groups, excluding NO2 is 1. The van der Waals surface area contributed by atoms with Crippen LogP contribution in [0.25, 0.3) is 0 Å². The van der Waals surface area contributed by atoms with Crippen molar-refractivity contribution in [3.8, 4) is 0 Å². The van der Waals surface area contributed by atoms with Crippen LogP contribution in [0.3, 0.4) is 0 Å². The van der Waals surface area contributed by atoms with Gasteiger partial charge in [-0.15, -0.1) is 0 Å². The quantitative estimate of drug-likeness (QED) is 0.479. The Labute approximate surface area is 66.9 Å². The molecule has 0 saturated heterocycles. The van der Waals surface area contributed by atoms with E-state index in [0.717, 1.165) is 6.92 Å². The summed E-state index contributed by atoms with van der Waals surface area (Å²) in [6, 6.07) is -2.12. The number of rotatable bonds is 5. The molecule has 0 aliphatic carbocycles. The van der Waals surface area contributed by atoms with Gasteiger partial charge in [-0.05, 0) is 0 Å². The second kappa shape index (κ2) is 4.37. The molecule has 12 heavy (non-hydrogen) atoms. The van der Waals surface area contributed by atoms with Gasteiger partial charge in [0.15, 0.2) is 6.04 Å². The fraction of sp³-hybridized carbons (Fsp3) is 1.00. The Morgan fingerprint density at radius 1 is 1.33 bits per heavy atom. The molecule has 0 fully saturated rings. The van der Waals surface area contributed by atoms with Crippen molar-refractivity contribution < 1.29 is 17.6 Å². The fourth-order valence-electron chi connectivity index (χ4n) is 0.671. The molecule has 0 aliphatic heterocycles. The highest BCUT2D eigenvalue weighted by molar-refractivity contribution is 4.88. The van der Waals surface area contributed by atoms with E-state index in [4.69, 9.17) is 0 Å². The van der Waals surface area contributed by atoms with E-state index in [1.807, 2.05) is 5.18 Å². The van der Waals surface area contributed by atoms with Crippen LogP contribution >= 0.6 is 0 Å². The second-order valence-electron chi connectivity index (χ2n) is 2.81. The topological polar surface area (TPSA) is 29.4 Å². The molecule has 0 aromatic carbocycles. The molecule has 0 aromatic rings. The third kappa shape index (κ3) is 2.15. The van der Waals surface area contributed by atoms with E-state index in [-0.39, 0.29) is 0 Å². The maximum absolute atomic E-state index is 12.1. The Morgan fingerprint density at radius 2 is 1.75 bits per heavy atom. The first-order chi connectivity index (χ1) is 5.51. The molecule has 1 atom stereocenters. The van der Waals surface area contributed by atoms with E-state index in [0.29, 0.717) is 0 Å². The molecule has 2 nitrogen and oxygen atoms in total. The monoisotopic (exact) mass is 187 g/mol. The first-order valence-corrected chi connectivity index (χ1v) is 3.24. The van der Waals surface area contributed by atoms with Crippen LogP contribution < -0.4 is 0 Å². The second-order valence-corrected chi connectivity index (χ2v) is 2.81. The van der Waals surface area contributed by atoms with E-state index in [9.17, 15) is 22.5 Å². The van der Waals surface area contributed by atoms with Gasteiger partial charge < -0.3 is 0 Å². The van der Waals surface area contributed by atoms with Gasteiger partial charge in [0.25, 0.3) is 6.43 Å². The van der Waals surface area contributed by atoms with Crippen molar-refractivity contribution >= 4 is 0 Å². The van der Waals surface area contributed by atoms with E-state index >= 15 is 0 Å². The molecule has 72 valence electrons. The Morgan fingerprint density at radius 3 is 1.83 bits per heavy atom. The van der Waals surface area contributed by atoms with Gasteiger partial charge in [-0.3, -0.25) is 8.78 Å². The SMILES string of the molecule is CC(CF)(CF)C(N=O)C(F)F. The summed E-state index contributed by atoms with van der Waals surface area (Å²) >= 11 is 0. The number of hydrogen-bond donors (Lipinski definition) is 0. The zero-order valence-electron chi connectivity index (χ0n) is 6.44. The molecule has 0 heterocycles. The third-order valence-electron chi connectivity index (χ3n) is 1.68. The average molecular weight is 187 g/mol. The van der Waals surface area contributed by atoms with Crippen LogP contribution in [0.15, 0.2) is 5.18 Å². The Kier molecular flexibility index (Phi) is 4.12. The lowest BCUT2D eigenvalue weighted by molar-refractivity contribution is 0.0239. The van der Waals surface area contributed by atoms with E-state index in [1.165, 1.54) is 0 Å². The smallest absolute Gasteiger partial charge is 0.250 e. The lowest BCUT2D eigenvalue weighted by Crippen LogP contribution is -2.39. The van der Waals surface area contributed by atoms with E-state index < -0.39 is 31.2 Å². The molecule has 0 bridgehead atoms. The Bertz CT molecular complexity index is 148. The largest absolute Gasteiger partial charge is 0.264 e. The lowest BCUT2D eigenvalue weighted by Gasteiger charge is -2.26. The molecule has 0 aliphatic rings. The number of alkyl halides is 4. The number of halogens is 4. The summed E-state index contributed by atoms with van der Waals surface area (Å²) in [6.07, 6.45) is -3.13. The zero-order chi connectivity index (χ0) is 9.78.